The first-order chi connectivity index (χ1) is 12.1. The topological polar surface area (TPSA) is 69.9 Å². The number of nitrogens with one attached hydrogen (secondary N) is 1. The van der Waals surface area contributed by atoms with Gasteiger partial charge in [-0.1, -0.05) is 12.1 Å². The molecule has 6 heteroatoms. The summed E-state index contributed by atoms with van der Waals surface area (Å²) in [6.07, 6.45) is 0.959. The molecule has 1 amide bonds. The zero-order valence-corrected chi connectivity index (χ0v) is 14.9. The molecule has 1 N–H and O–H groups in total. The SMILES string of the molecule is COc1ccccc1OCc1ccc(C(=O)NCCCOC(C)C)o1. The Balaban J connectivity index is 1.78. The van der Waals surface area contributed by atoms with Crippen molar-refractivity contribution < 1.29 is 23.4 Å². The number of rotatable bonds is 10. The number of carbonyl (C=O) groups excluding carboxylic acids is 1. The van der Waals surface area contributed by atoms with Crippen LogP contribution < -0.4 is 14.8 Å². The lowest BCUT2D eigenvalue weighted by Gasteiger charge is -2.09. The van der Waals surface area contributed by atoms with Crippen LogP contribution in [0, 0.1) is 0 Å². The average molecular weight is 347 g/mol. The number of para-hydroxylation sites is 2. The molecular weight excluding hydrogens is 322 g/mol. The van der Waals surface area contributed by atoms with Crippen LogP contribution >= 0.6 is 0 Å². The highest BCUT2D eigenvalue weighted by molar-refractivity contribution is 5.91. The molecular formula is C19H25NO5. The van der Waals surface area contributed by atoms with Gasteiger partial charge < -0.3 is 23.9 Å². The molecule has 0 aliphatic carbocycles. The monoisotopic (exact) mass is 347 g/mol. The lowest BCUT2D eigenvalue weighted by molar-refractivity contribution is 0.0753. The van der Waals surface area contributed by atoms with Gasteiger partial charge in [-0.15, -0.1) is 0 Å². The fourth-order valence-corrected chi connectivity index (χ4v) is 2.14. The number of ether oxygens (including phenoxy) is 3. The number of furan rings is 1. The van der Waals surface area contributed by atoms with E-state index in [0.29, 0.717) is 30.4 Å². The van der Waals surface area contributed by atoms with Gasteiger partial charge in [0.05, 0.1) is 13.2 Å². The predicted molar refractivity (Wildman–Crippen MR) is 94.1 cm³/mol. The second-order valence-corrected chi connectivity index (χ2v) is 5.73. The lowest BCUT2D eigenvalue weighted by Crippen LogP contribution is -2.25. The molecule has 0 radical (unpaired) electrons. The van der Waals surface area contributed by atoms with Crippen LogP contribution in [0.4, 0.5) is 0 Å². The summed E-state index contributed by atoms with van der Waals surface area (Å²) in [5, 5.41) is 2.80. The van der Waals surface area contributed by atoms with E-state index in [-0.39, 0.29) is 24.4 Å². The molecule has 0 aliphatic heterocycles. The molecule has 136 valence electrons. The van der Waals surface area contributed by atoms with Gasteiger partial charge in [-0.3, -0.25) is 4.79 Å². The van der Waals surface area contributed by atoms with E-state index in [9.17, 15) is 4.79 Å². The van der Waals surface area contributed by atoms with Crippen molar-refractivity contribution in [1.82, 2.24) is 5.32 Å². The summed E-state index contributed by atoms with van der Waals surface area (Å²) in [5.74, 6) is 1.86. The molecule has 0 saturated carbocycles. The molecule has 0 spiro atoms. The minimum atomic E-state index is -0.243. The van der Waals surface area contributed by atoms with Gasteiger partial charge in [0.25, 0.3) is 5.91 Å². The van der Waals surface area contributed by atoms with Gasteiger partial charge in [-0.05, 0) is 44.5 Å². The Morgan fingerprint density at radius 2 is 1.92 bits per heavy atom. The van der Waals surface area contributed by atoms with E-state index in [2.05, 4.69) is 5.32 Å². The van der Waals surface area contributed by atoms with Crippen LogP contribution in [0.15, 0.2) is 40.8 Å². The zero-order valence-electron chi connectivity index (χ0n) is 14.9. The van der Waals surface area contributed by atoms with Gasteiger partial charge in [0.1, 0.15) is 12.4 Å². The molecule has 2 aromatic rings. The highest BCUT2D eigenvalue weighted by atomic mass is 16.5. The van der Waals surface area contributed by atoms with E-state index in [1.54, 1.807) is 19.2 Å². The Kier molecular flexibility index (Phi) is 7.35. The van der Waals surface area contributed by atoms with Gasteiger partial charge in [-0.25, -0.2) is 0 Å². The lowest BCUT2D eigenvalue weighted by atomic mass is 10.3. The van der Waals surface area contributed by atoms with Crippen LogP contribution in [0.3, 0.4) is 0 Å². The van der Waals surface area contributed by atoms with Crippen LogP contribution in [-0.4, -0.2) is 32.3 Å². The molecule has 0 bridgehead atoms. The van der Waals surface area contributed by atoms with Gasteiger partial charge in [-0.2, -0.15) is 0 Å². The molecule has 0 saturated heterocycles. The molecule has 6 nitrogen and oxygen atoms in total. The highest BCUT2D eigenvalue weighted by Gasteiger charge is 2.11. The van der Waals surface area contributed by atoms with Crippen LogP contribution in [0.1, 0.15) is 36.6 Å². The second kappa shape index (κ2) is 9.74. The van der Waals surface area contributed by atoms with Gasteiger partial charge >= 0.3 is 0 Å². The minimum absolute atomic E-state index is 0.201. The van der Waals surface area contributed by atoms with E-state index >= 15 is 0 Å². The van der Waals surface area contributed by atoms with Crippen LogP contribution in [0.5, 0.6) is 11.5 Å². The van der Waals surface area contributed by atoms with Gasteiger partial charge in [0.2, 0.25) is 0 Å². The van der Waals surface area contributed by atoms with Crippen molar-refractivity contribution in [1.29, 1.82) is 0 Å². The fraction of sp³-hybridized carbons (Fsp3) is 0.421. The standard InChI is InChI=1S/C19H25NO5/c1-14(2)23-12-6-11-20-19(21)18-10-9-15(25-18)13-24-17-8-5-4-7-16(17)22-3/h4-5,7-10,14H,6,11-13H2,1-3H3,(H,20,21). The minimum Gasteiger partial charge on any atom is -0.493 e. The Morgan fingerprint density at radius 3 is 2.64 bits per heavy atom. The summed E-state index contributed by atoms with van der Waals surface area (Å²) in [4.78, 5) is 12.0. The average Bonchev–Trinajstić information content (AvgIpc) is 3.08. The number of amides is 1. The molecule has 1 aromatic carbocycles. The number of methoxy groups -OCH3 is 1. The van der Waals surface area contributed by atoms with Crippen LogP contribution in [-0.2, 0) is 11.3 Å². The number of hydrogen-bond donors (Lipinski definition) is 1. The highest BCUT2D eigenvalue weighted by Crippen LogP contribution is 2.26. The smallest absolute Gasteiger partial charge is 0.286 e. The number of hydrogen-bond acceptors (Lipinski definition) is 5. The van der Waals surface area contributed by atoms with Crippen LogP contribution in [0.2, 0.25) is 0 Å². The van der Waals surface area contributed by atoms with Crippen molar-refractivity contribution in [2.75, 3.05) is 20.3 Å². The van der Waals surface area contributed by atoms with Crippen molar-refractivity contribution in [3.8, 4) is 11.5 Å². The van der Waals surface area contributed by atoms with E-state index in [1.165, 1.54) is 0 Å². The Bertz CT molecular complexity index is 665. The Morgan fingerprint density at radius 1 is 1.16 bits per heavy atom. The van der Waals surface area contributed by atoms with E-state index in [1.807, 2.05) is 38.1 Å². The Hall–Kier alpha value is -2.47. The maximum absolute atomic E-state index is 12.0. The first-order valence-electron chi connectivity index (χ1n) is 8.34. The van der Waals surface area contributed by atoms with E-state index in [0.717, 1.165) is 6.42 Å². The quantitative estimate of drug-likeness (QED) is 0.667. The molecule has 1 aromatic heterocycles. The van der Waals surface area contributed by atoms with Crippen molar-refractivity contribution >= 4 is 5.91 Å². The Labute approximate surface area is 148 Å². The normalized spacial score (nSPS) is 10.7. The van der Waals surface area contributed by atoms with Crippen molar-refractivity contribution in [2.45, 2.75) is 33.0 Å². The van der Waals surface area contributed by atoms with E-state index in [4.69, 9.17) is 18.6 Å². The van der Waals surface area contributed by atoms with Gasteiger partial charge in [0, 0.05) is 13.2 Å². The summed E-state index contributed by atoms with van der Waals surface area (Å²) in [6, 6.07) is 10.7. The molecule has 2 rings (SSSR count). The number of carbonyl (C=O) groups is 1. The zero-order chi connectivity index (χ0) is 18.1. The summed E-state index contributed by atoms with van der Waals surface area (Å²) in [7, 11) is 1.59. The summed E-state index contributed by atoms with van der Waals surface area (Å²) in [5.41, 5.74) is 0. The fourth-order valence-electron chi connectivity index (χ4n) is 2.14. The maximum Gasteiger partial charge on any atom is 0.286 e. The third-order valence-electron chi connectivity index (χ3n) is 3.38. The molecule has 0 unspecified atom stereocenters. The van der Waals surface area contributed by atoms with Crippen molar-refractivity contribution in [3.05, 3.63) is 47.9 Å². The first-order valence-corrected chi connectivity index (χ1v) is 8.34. The van der Waals surface area contributed by atoms with Crippen molar-refractivity contribution in [3.63, 3.8) is 0 Å². The molecule has 1 heterocycles. The summed E-state index contributed by atoms with van der Waals surface area (Å²) in [6.45, 7) is 5.34. The van der Waals surface area contributed by atoms with Crippen LogP contribution in [0.25, 0.3) is 0 Å². The van der Waals surface area contributed by atoms with E-state index < -0.39 is 0 Å². The van der Waals surface area contributed by atoms with Gasteiger partial charge in [0.15, 0.2) is 17.3 Å². The third-order valence-corrected chi connectivity index (χ3v) is 3.38. The molecule has 0 aliphatic rings. The first kappa shape index (κ1) is 18.9. The molecule has 25 heavy (non-hydrogen) atoms. The largest absolute Gasteiger partial charge is 0.493 e. The predicted octanol–water partition coefficient (Wildman–Crippen LogP) is 3.41. The third kappa shape index (κ3) is 6.15. The molecule has 0 atom stereocenters. The summed E-state index contributed by atoms with van der Waals surface area (Å²) >= 11 is 0. The summed E-state index contributed by atoms with van der Waals surface area (Å²) < 4.78 is 21.9. The molecule has 0 fully saturated rings. The number of benzene rings is 1. The maximum atomic E-state index is 12.0. The second-order valence-electron chi connectivity index (χ2n) is 5.73. The van der Waals surface area contributed by atoms with Crippen molar-refractivity contribution in [2.24, 2.45) is 0 Å².